The number of halogens is 1. The first-order valence-corrected chi connectivity index (χ1v) is 9.13. The van der Waals surface area contributed by atoms with E-state index in [0.717, 1.165) is 21.3 Å². The molecule has 6 nitrogen and oxygen atoms in total. The zero-order valence-electron chi connectivity index (χ0n) is 14.4. The Kier molecular flexibility index (Phi) is 4.40. The number of hydrogen-bond acceptors (Lipinski definition) is 5. The van der Waals surface area contributed by atoms with Gasteiger partial charge in [0.1, 0.15) is 0 Å². The van der Waals surface area contributed by atoms with Crippen LogP contribution in [-0.2, 0) is 4.79 Å². The summed E-state index contributed by atoms with van der Waals surface area (Å²) in [6, 6.07) is 7.67. The van der Waals surface area contributed by atoms with Crippen molar-refractivity contribution >= 4 is 27.5 Å². The number of carbonyl (C=O) groups excluding carboxylic acids is 1. The van der Waals surface area contributed by atoms with Crippen molar-refractivity contribution in [3.8, 4) is 23.0 Å². The summed E-state index contributed by atoms with van der Waals surface area (Å²) in [5.74, 6) is 2.48. The molecule has 0 aromatic heterocycles. The van der Waals surface area contributed by atoms with Crippen LogP contribution in [0.4, 0.5) is 5.69 Å². The summed E-state index contributed by atoms with van der Waals surface area (Å²) in [5, 5.41) is 2.92. The average molecular weight is 420 g/mol. The molecule has 4 rings (SSSR count). The van der Waals surface area contributed by atoms with Crippen LogP contribution in [0.1, 0.15) is 30.4 Å². The lowest BCUT2D eigenvalue weighted by molar-refractivity contribution is -0.116. The molecule has 0 radical (unpaired) electrons. The van der Waals surface area contributed by atoms with Crippen molar-refractivity contribution in [3.63, 3.8) is 0 Å². The minimum atomic E-state index is -0.117. The SMILES string of the molecule is CCOc1c(Br)cc([C@H]2CC(=O)Nc3cc4c(cc32)OCO4)cc1OC. The number of rotatable bonds is 4. The van der Waals surface area contributed by atoms with E-state index in [1.165, 1.54) is 0 Å². The number of benzene rings is 2. The number of fused-ring (bicyclic) bond motifs is 2. The summed E-state index contributed by atoms with van der Waals surface area (Å²) in [6.45, 7) is 2.65. The van der Waals surface area contributed by atoms with Gasteiger partial charge in [0.2, 0.25) is 12.7 Å². The van der Waals surface area contributed by atoms with E-state index < -0.39 is 0 Å². The zero-order valence-corrected chi connectivity index (χ0v) is 16.0. The van der Waals surface area contributed by atoms with Crippen molar-refractivity contribution in [3.05, 3.63) is 39.9 Å². The molecular formula is C19H18BrNO5. The Balaban J connectivity index is 1.82. The Hall–Kier alpha value is -2.41. The average Bonchev–Trinajstić information content (AvgIpc) is 3.08. The van der Waals surface area contributed by atoms with Crippen molar-refractivity contribution in [2.75, 3.05) is 25.8 Å². The molecule has 0 unspecified atom stereocenters. The maximum atomic E-state index is 12.3. The van der Waals surface area contributed by atoms with Crippen LogP contribution in [0.2, 0.25) is 0 Å². The molecule has 2 aliphatic rings. The Labute approximate surface area is 159 Å². The summed E-state index contributed by atoms with van der Waals surface area (Å²) in [5.41, 5.74) is 2.71. The van der Waals surface area contributed by atoms with Gasteiger partial charge in [-0.2, -0.15) is 0 Å². The Bertz CT molecular complexity index is 883. The third-order valence-corrected chi connectivity index (χ3v) is 5.12. The van der Waals surface area contributed by atoms with Gasteiger partial charge in [0.15, 0.2) is 23.0 Å². The van der Waals surface area contributed by atoms with Gasteiger partial charge in [-0.1, -0.05) is 0 Å². The fourth-order valence-corrected chi connectivity index (χ4v) is 3.95. The van der Waals surface area contributed by atoms with Gasteiger partial charge in [0.25, 0.3) is 0 Å². The maximum absolute atomic E-state index is 12.3. The van der Waals surface area contributed by atoms with E-state index in [9.17, 15) is 4.79 Å². The van der Waals surface area contributed by atoms with Crippen LogP contribution in [0.3, 0.4) is 0 Å². The Morgan fingerprint density at radius 3 is 2.73 bits per heavy atom. The maximum Gasteiger partial charge on any atom is 0.231 e. The third-order valence-electron chi connectivity index (χ3n) is 4.53. The molecule has 1 amide bonds. The van der Waals surface area contributed by atoms with Gasteiger partial charge in [-0.15, -0.1) is 0 Å². The molecule has 0 aliphatic carbocycles. The molecule has 0 bridgehead atoms. The third kappa shape index (κ3) is 2.86. The molecule has 26 heavy (non-hydrogen) atoms. The summed E-state index contributed by atoms with van der Waals surface area (Å²) in [7, 11) is 1.60. The molecule has 0 spiro atoms. The number of anilines is 1. The number of methoxy groups -OCH3 is 1. The van der Waals surface area contributed by atoms with E-state index in [-0.39, 0.29) is 18.6 Å². The van der Waals surface area contributed by atoms with Gasteiger partial charge in [-0.3, -0.25) is 4.79 Å². The molecule has 2 aliphatic heterocycles. The van der Waals surface area contributed by atoms with E-state index in [0.29, 0.717) is 36.0 Å². The minimum absolute atomic E-state index is 0.0367. The highest BCUT2D eigenvalue weighted by atomic mass is 79.9. The monoisotopic (exact) mass is 419 g/mol. The highest BCUT2D eigenvalue weighted by Crippen LogP contribution is 2.47. The van der Waals surface area contributed by atoms with Crippen LogP contribution in [0.5, 0.6) is 23.0 Å². The number of ether oxygens (including phenoxy) is 4. The fraction of sp³-hybridized carbons (Fsp3) is 0.316. The number of carbonyl (C=O) groups is 1. The molecule has 2 aromatic rings. The molecule has 1 atom stereocenters. The lowest BCUT2D eigenvalue weighted by Crippen LogP contribution is -2.23. The molecule has 1 N–H and O–H groups in total. The predicted octanol–water partition coefficient (Wildman–Crippen LogP) is 4.06. The van der Waals surface area contributed by atoms with E-state index in [4.69, 9.17) is 18.9 Å². The van der Waals surface area contributed by atoms with Gasteiger partial charge in [-0.25, -0.2) is 0 Å². The summed E-state index contributed by atoms with van der Waals surface area (Å²) in [6.07, 6.45) is 0.343. The minimum Gasteiger partial charge on any atom is -0.493 e. The second kappa shape index (κ2) is 6.72. The van der Waals surface area contributed by atoms with Crippen LogP contribution in [0, 0.1) is 0 Å². The molecule has 7 heteroatoms. The molecule has 136 valence electrons. The molecule has 0 saturated carbocycles. The first kappa shape index (κ1) is 17.0. The Morgan fingerprint density at radius 1 is 1.23 bits per heavy atom. The zero-order chi connectivity index (χ0) is 18.3. The molecular weight excluding hydrogens is 402 g/mol. The fourth-order valence-electron chi connectivity index (χ4n) is 3.37. The van der Waals surface area contributed by atoms with Crippen molar-refractivity contribution < 1.29 is 23.7 Å². The second-order valence-electron chi connectivity index (χ2n) is 6.06. The Morgan fingerprint density at radius 2 is 2.00 bits per heavy atom. The number of nitrogens with one attached hydrogen (secondary N) is 1. The highest BCUT2D eigenvalue weighted by molar-refractivity contribution is 9.10. The van der Waals surface area contributed by atoms with Crippen LogP contribution >= 0.6 is 15.9 Å². The van der Waals surface area contributed by atoms with Crippen molar-refractivity contribution in [1.82, 2.24) is 0 Å². The van der Waals surface area contributed by atoms with Crippen molar-refractivity contribution in [2.24, 2.45) is 0 Å². The van der Waals surface area contributed by atoms with Gasteiger partial charge in [0, 0.05) is 24.1 Å². The second-order valence-corrected chi connectivity index (χ2v) is 6.92. The van der Waals surface area contributed by atoms with Crippen molar-refractivity contribution in [2.45, 2.75) is 19.3 Å². The van der Waals surface area contributed by atoms with E-state index in [1.54, 1.807) is 7.11 Å². The van der Waals surface area contributed by atoms with E-state index in [2.05, 4.69) is 21.2 Å². The smallest absolute Gasteiger partial charge is 0.231 e. The molecule has 0 saturated heterocycles. The predicted molar refractivity (Wildman–Crippen MR) is 99.5 cm³/mol. The molecule has 2 aromatic carbocycles. The standard InChI is InChI=1S/C19H18BrNO5/c1-3-24-19-13(20)4-10(5-17(19)23-2)11-7-18(22)21-14-8-16-15(6-12(11)14)25-9-26-16/h4-6,8,11H,3,7,9H2,1-2H3,(H,21,22)/t11-/m1/s1. The topological polar surface area (TPSA) is 66.0 Å². The largest absolute Gasteiger partial charge is 0.493 e. The van der Waals surface area contributed by atoms with Gasteiger partial charge >= 0.3 is 0 Å². The van der Waals surface area contributed by atoms with Gasteiger partial charge in [0.05, 0.1) is 18.2 Å². The highest BCUT2D eigenvalue weighted by Gasteiger charge is 2.31. The van der Waals surface area contributed by atoms with E-state index in [1.807, 2.05) is 31.2 Å². The first-order chi connectivity index (χ1) is 12.6. The summed E-state index contributed by atoms with van der Waals surface area (Å²) >= 11 is 3.56. The van der Waals surface area contributed by atoms with Gasteiger partial charge < -0.3 is 24.3 Å². The lowest BCUT2D eigenvalue weighted by Gasteiger charge is -2.27. The van der Waals surface area contributed by atoms with Crippen LogP contribution < -0.4 is 24.3 Å². The van der Waals surface area contributed by atoms with Crippen molar-refractivity contribution in [1.29, 1.82) is 0 Å². The summed E-state index contributed by atoms with van der Waals surface area (Å²) in [4.78, 5) is 12.3. The normalized spacial score (nSPS) is 17.5. The number of hydrogen-bond donors (Lipinski definition) is 1. The van der Waals surface area contributed by atoms with Gasteiger partial charge in [-0.05, 0) is 52.2 Å². The lowest BCUT2D eigenvalue weighted by atomic mass is 9.84. The molecule has 2 heterocycles. The quantitative estimate of drug-likeness (QED) is 0.809. The van der Waals surface area contributed by atoms with E-state index >= 15 is 0 Å². The van der Waals surface area contributed by atoms with Crippen LogP contribution in [-0.4, -0.2) is 26.4 Å². The first-order valence-electron chi connectivity index (χ1n) is 8.34. The number of amides is 1. The molecule has 0 fully saturated rings. The van der Waals surface area contributed by atoms with Crippen LogP contribution in [0.15, 0.2) is 28.7 Å². The summed E-state index contributed by atoms with van der Waals surface area (Å²) < 4.78 is 22.9. The van der Waals surface area contributed by atoms with Crippen LogP contribution in [0.25, 0.3) is 0 Å².